The molecule has 1 atom stereocenters. The van der Waals surface area contributed by atoms with Gasteiger partial charge in [-0.15, -0.1) is 0 Å². The first kappa shape index (κ1) is 14.3. The normalized spacial score (nSPS) is 12.0. The number of benzene rings is 2. The largest absolute Gasteiger partial charge is 0.497 e. The van der Waals surface area contributed by atoms with Gasteiger partial charge in [-0.25, -0.2) is 8.78 Å². The molecule has 0 saturated heterocycles. The van der Waals surface area contributed by atoms with Gasteiger partial charge in [-0.05, 0) is 36.4 Å². The first-order chi connectivity index (χ1) is 9.61. The van der Waals surface area contributed by atoms with Gasteiger partial charge in [-0.1, -0.05) is 6.07 Å². The van der Waals surface area contributed by atoms with Gasteiger partial charge in [0.1, 0.15) is 29.7 Å². The summed E-state index contributed by atoms with van der Waals surface area (Å²) in [5.74, 6) is -0.0912. The van der Waals surface area contributed by atoms with Crippen molar-refractivity contribution in [1.29, 1.82) is 0 Å². The molecule has 2 aromatic carbocycles. The first-order valence-electron chi connectivity index (χ1n) is 6.08. The maximum Gasteiger partial charge on any atom is 0.131 e. The summed E-state index contributed by atoms with van der Waals surface area (Å²) < 4.78 is 37.5. The predicted octanol–water partition coefficient (Wildman–Crippen LogP) is 3.05. The first-order valence-corrected chi connectivity index (χ1v) is 6.08. The lowest BCUT2D eigenvalue weighted by Crippen LogP contribution is -2.21. The molecule has 2 N–H and O–H groups in total. The monoisotopic (exact) mass is 279 g/mol. The minimum atomic E-state index is -0.877. The molecular weight excluding hydrogens is 264 g/mol. The van der Waals surface area contributed by atoms with Crippen LogP contribution in [-0.4, -0.2) is 13.7 Å². The molecule has 106 valence electrons. The number of halogens is 2. The summed E-state index contributed by atoms with van der Waals surface area (Å²) in [6.07, 6.45) is 0. The second kappa shape index (κ2) is 6.34. The van der Waals surface area contributed by atoms with E-state index >= 15 is 0 Å². The van der Waals surface area contributed by atoms with Gasteiger partial charge in [-0.3, -0.25) is 0 Å². The molecular formula is C15H15F2NO2. The lowest BCUT2D eigenvalue weighted by atomic mass is 10.1. The topological polar surface area (TPSA) is 44.5 Å². The van der Waals surface area contributed by atoms with Gasteiger partial charge in [0.05, 0.1) is 13.2 Å². The summed E-state index contributed by atoms with van der Waals surface area (Å²) >= 11 is 0. The SMILES string of the molecule is COc1ccc(OCC(N)c2c(F)cccc2F)cc1. The summed E-state index contributed by atoms with van der Waals surface area (Å²) in [6, 6.07) is 9.61. The fourth-order valence-corrected chi connectivity index (χ4v) is 1.81. The quantitative estimate of drug-likeness (QED) is 0.915. The summed E-state index contributed by atoms with van der Waals surface area (Å²) in [6.45, 7) is -0.0236. The Bertz CT molecular complexity index is 552. The molecule has 0 amide bonds. The molecule has 0 aliphatic rings. The van der Waals surface area contributed by atoms with Crippen molar-refractivity contribution in [3.05, 3.63) is 59.7 Å². The van der Waals surface area contributed by atoms with Gasteiger partial charge in [0.15, 0.2) is 0 Å². The van der Waals surface area contributed by atoms with Crippen molar-refractivity contribution in [1.82, 2.24) is 0 Å². The molecule has 0 aliphatic heterocycles. The van der Waals surface area contributed by atoms with E-state index < -0.39 is 17.7 Å². The molecule has 0 radical (unpaired) electrons. The highest BCUT2D eigenvalue weighted by molar-refractivity contribution is 5.31. The number of rotatable bonds is 5. The Morgan fingerprint density at radius 3 is 2.10 bits per heavy atom. The number of ether oxygens (including phenoxy) is 2. The Labute approximate surface area is 115 Å². The Balaban J connectivity index is 2.02. The van der Waals surface area contributed by atoms with E-state index in [9.17, 15) is 8.78 Å². The van der Waals surface area contributed by atoms with Crippen LogP contribution in [0, 0.1) is 11.6 Å². The summed E-state index contributed by atoms with van der Waals surface area (Å²) in [5.41, 5.74) is 5.61. The molecule has 0 heterocycles. The van der Waals surface area contributed by atoms with Crippen LogP contribution in [0.25, 0.3) is 0 Å². The molecule has 5 heteroatoms. The minimum absolute atomic E-state index is 0.0236. The third-order valence-corrected chi connectivity index (χ3v) is 2.86. The summed E-state index contributed by atoms with van der Waals surface area (Å²) in [5, 5.41) is 0. The van der Waals surface area contributed by atoms with Crippen LogP contribution in [0.3, 0.4) is 0 Å². The molecule has 3 nitrogen and oxygen atoms in total. The molecule has 20 heavy (non-hydrogen) atoms. The summed E-state index contributed by atoms with van der Waals surface area (Å²) in [4.78, 5) is 0. The van der Waals surface area contributed by atoms with Crippen molar-refractivity contribution >= 4 is 0 Å². The van der Waals surface area contributed by atoms with E-state index in [2.05, 4.69) is 0 Å². The van der Waals surface area contributed by atoms with Crippen molar-refractivity contribution in [3.8, 4) is 11.5 Å². The smallest absolute Gasteiger partial charge is 0.131 e. The molecule has 1 unspecified atom stereocenters. The molecule has 2 aromatic rings. The Morgan fingerprint density at radius 2 is 1.55 bits per heavy atom. The van der Waals surface area contributed by atoms with Gasteiger partial charge in [-0.2, -0.15) is 0 Å². The van der Waals surface area contributed by atoms with Gasteiger partial charge < -0.3 is 15.2 Å². The van der Waals surface area contributed by atoms with Gasteiger partial charge >= 0.3 is 0 Å². The fraction of sp³-hybridized carbons (Fsp3) is 0.200. The zero-order valence-electron chi connectivity index (χ0n) is 11.0. The maximum absolute atomic E-state index is 13.5. The molecule has 0 aliphatic carbocycles. The van der Waals surface area contributed by atoms with Crippen LogP contribution in [0.2, 0.25) is 0 Å². The average Bonchev–Trinajstić information content (AvgIpc) is 2.45. The van der Waals surface area contributed by atoms with E-state index in [1.807, 2.05) is 0 Å². The van der Waals surface area contributed by atoms with Crippen LogP contribution in [0.4, 0.5) is 8.78 Å². The minimum Gasteiger partial charge on any atom is -0.497 e. The van der Waals surface area contributed by atoms with Crippen LogP contribution < -0.4 is 15.2 Å². The van der Waals surface area contributed by atoms with Crippen LogP contribution in [0.15, 0.2) is 42.5 Å². The standard InChI is InChI=1S/C15H15F2NO2/c1-19-10-5-7-11(8-6-10)20-9-14(18)15-12(16)3-2-4-13(15)17/h2-8,14H,9,18H2,1H3. The zero-order valence-corrected chi connectivity index (χ0v) is 11.0. The van der Waals surface area contributed by atoms with E-state index in [0.717, 1.165) is 0 Å². The number of hydrogen-bond donors (Lipinski definition) is 1. The highest BCUT2D eigenvalue weighted by Gasteiger charge is 2.17. The number of nitrogens with two attached hydrogens (primary N) is 1. The second-order valence-corrected chi connectivity index (χ2v) is 4.23. The fourth-order valence-electron chi connectivity index (χ4n) is 1.81. The Morgan fingerprint density at radius 1 is 1.00 bits per heavy atom. The molecule has 0 spiro atoms. The number of hydrogen-bond acceptors (Lipinski definition) is 3. The van der Waals surface area contributed by atoms with Crippen molar-refractivity contribution < 1.29 is 18.3 Å². The second-order valence-electron chi connectivity index (χ2n) is 4.23. The average molecular weight is 279 g/mol. The molecule has 0 bridgehead atoms. The summed E-state index contributed by atoms with van der Waals surface area (Å²) in [7, 11) is 1.56. The molecule has 0 fully saturated rings. The van der Waals surface area contributed by atoms with E-state index in [0.29, 0.717) is 11.5 Å². The maximum atomic E-state index is 13.5. The van der Waals surface area contributed by atoms with Crippen LogP contribution in [-0.2, 0) is 0 Å². The Kier molecular flexibility index (Phi) is 4.53. The van der Waals surface area contributed by atoms with Crippen molar-refractivity contribution in [2.45, 2.75) is 6.04 Å². The van der Waals surface area contributed by atoms with E-state index in [4.69, 9.17) is 15.2 Å². The zero-order chi connectivity index (χ0) is 14.5. The van der Waals surface area contributed by atoms with Crippen molar-refractivity contribution in [2.24, 2.45) is 5.73 Å². The molecule has 0 saturated carbocycles. The lowest BCUT2D eigenvalue weighted by molar-refractivity contribution is 0.284. The predicted molar refractivity (Wildman–Crippen MR) is 71.8 cm³/mol. The van der Waals surface area contributed by atoms with Gasteiger partial charge in [0.25, 0.3) is 0 Å². The van der Waals surface area contributed by atoms with Crippen molar-refractivity contribution in [2.75, 3.05) is 13.7 Å². The third kappa shape index (κ3) is 3.24. The van der Waals surface area contributed by atoms with E-state index in [-0.39, 0.29) is 12.2 Å². The van der Waals surface area contributed by atoms with E-state index in [1.54, 1.807) is 31.4 Å². The highest BCUT2D eigenvalue weighted by atomic mass is 19.1. The van der Waals surface area contributed by atoms with Gasteiger partial charge in [0.2, 0.25) is 0 Å². The van der Waals surface area contributed by atoms with Gasteiger partial charge in [0, 0.05) is 5.56 Å². The van der Waals surface area contributed by atoms with Crippen LogP contribution in [0.1, 0.15) is 11.6 Å². The lowest BCUT2D eigenvalue weighted by Gasteiger charge is -2.15. The molecule has 0 aromatic heterocycles. The van der Waals surface area contributed by atoms with E-state index in [1.165, 1.54) is 18.2 Å². The highest BCUT2D eigenvalue weighted by Crippen LogP contribution is 2.21. The third-order valence-electron chi connectivity index (χ3n) is 2.86. The number of methoxy groups -OCH3 is 1. The van der Waals surface area contributed by atoms with Crippen LogP contribution >= 0.6 is 0 Å². The van der Waals surface area contributed by atoms with Crippen molar-refractivity contribution in [3.63, 3.8) is 0 Å². The van der Waals surface area contributed by atoms with Crippen LogP contribution in [0.5, 0.6) is 11.5 Å². The Hall–Kier alpha value is -2.14. The molecule has 2 rings (SSSR count).